The maximum atomic E-state index is 0. The maximum Gasteiger partial charge on any atom is 2.00 e. The molecule has 0 aliphatic heterocycles. The van der Waals surface area contributed by atoms with E-state index in [0.717, 1.165) is 0 Å². The van der Waals surface area contributed by atoms with Crippen molar-refractivity contribution in [2.75, 3.05) is 0 Å². The van der Waals surface area contributed by atoms with Gasteiger partial charge in [-0.25, -0.2) is 0 Å². The van der Waals surface area contributed by atoms with Gasteiger partial charge in [-0.2, -0.15) is 0 Å². The summed E-state index contributed by atoms with van der Waals surface area (Å²) in [7, 11) is 0. The summed E-state index contributed by atoms with van der Waals surface area (Å²) in [5, 5.41) is 0. The Balaban J connectivity index is 0. The van der Waals surface area contributed by atoms with Crippen molar-refractivity contribution in [2.24, 2.45) is 0 Å². The van der Waals surface area contributed by atoms with Gasteiger partial charge in [-0.05, 0) is 0 Å². The molecule has 0 amide bonds. The minimum Gasteiger partial charge on any atom is -2.00 e. The Morgan fingerprint density at radius 2 is 0.333 bits per heavy atom. The van der Waals surface area contributed by atoms with Crippen molar-refractivity contribution in [1.82, 2.24) is 0 Å². The van der Waals surface area contributed by atoms with Gasteiger partial charge in [0.15, 0.2) is 0 Å². The summed E-state index contributed by atoms with van der Waals surface area (Å²) in [6, 6.07) is 0. The summed E-state index contributed by atoms with van der Waals surface area (Å²) < 4.78 is 0. The fourth-order valence-electron chi connectivity index (χ4n) is 0. The van der Waals surface area contributed by atoms with E-state index < -0.39 is 0 Å². The van der Waals surface area contributed by atoms with Gasteiger partial charge >= 0.3 is 17.1 Å². The molecule has 0 aliphatic carbocycles. The Bertz CT molecular complexity index is 8.88. The number of hydrogen-bond donors (Lipinski definition) is 0. The molecular weight excluding hydrogens is 200 g/mol. The van der Waals surface area contributed by atoms with Crippen molar-refractivity contribution in [3.8, 4) is 0 Å². The zero-order valence-corrected chi connectivity index (χ0v) is 6.18. The van der Waals surface area contributed by atoms with Crippen molar-refractivity contribution in [3.05, 3.63) is 0 Å². The third kappa shape index (κ3) is 1070. The minimum absolute atomic E-state index is 0. The first-order chi connectivity index (χ1) is 0. The van der Waals surface area contributed by atoms with Crippen LogP contribution in [0.25, 0.3) is 0 Å². The van der Waals surface area contributed by atoms with Crippen molar-refractivity contribution >= 4 is 13.5 Å². The van der Waals surface area contributed by atoms with E-state index in [0.29, 0.717) is 0 Å². The molecular formula is H14FeO7S. The summed E-state index contributed by atoms with van der Waals surface area (Å²) in [4.78, 5) is 0. The molecule has 0 aliphatic rings. The van der Waals surface area contributed by atoms with Gasteiger partial charge in [0.1, 0.15) is 0 Å². The van der Waals surface area contributed by atoms with Crippen LogP contribution in [0.5, 0.6) is 0 Å². The molecule has 0 atom stereocenters. The van der Waals surface area contributed by atoms with Crippen molar-refractivity contribution in [3.63, 3.8) is 0 Å². The van der Waals surface area contributed by atoms with Gasteiger partial charge in [-0.3, -0.25) is 0 Å². The Labute approximate surface area is 69.5 Å². The van der Waals surface area contributed by atoms with Crippen molar-refractivity contribution < 1.29 is 55.4 Å². The average Bonchev–Trinajstić information content (AvgIpc) is 0. The number of rotatable bonds is 0. The van der Waals surface area contributed by atoms with Crippen LogP contribution in [-0.2, 0) is 30.6 Å². The van der Waals surface area contributed by atoms with E-state index in [4.69, 9.17) is 0 Å². The molecule has 0 aromatic rings. The van der Waals surface area contributed by atoms with Crippen LogP contribution >= 0.6 is 0 Å². The van der Waals surface area contributed by atoms with Crippen LogP contribution in [0, 0.1) is 0 Å². The Morgan fingerprint density at radius 1 is 0.333 bits per heavy atom. The molecule has 0 bridgehead atoms. The standard InChI is InChI=1S/Fe.7H2O.S/h;7*1H2;/q+2;;;;;;;;-2. The second-order valence-electron chi connectivity index (χ2n) is 0. The van der Waals surface area contributed by atoms with Crippen LogP contribution in [0.2, 0.25) is 0 Å². The molecule has 0 aromatic carbocycles. The van der Waals surface area contributed by atoms with Crippen LogP contribution < -0.4 is 0 Å². The summed E-state index contributed by atoms with van der Waals surface area (Å²) >= 11 is 0. The first-order valence-corrected chi connectivity index (χ1v) is 0. The van der Waals surface area contributed by atoms with Gasteiger partial charge in [-0.1, -0.05) is 0 Å². The third-order valence-electron chi connectivity index (χ3n) is 0. The van der Waals surface area contributed by atoms with Gasteiger partial charge < -0.3 is 51.8 Å². The van der Waals surface area contributed by atoms with E-state index in [1.807, 2.05) is 0 Å². The Kier molecular flexibility index (Phi) is 322000. The van der Waals surface area contributed by atoms with Gasteiger partial charge in [0.25, 0.3) is 0 Å². The summed E-state index contributed by atoms with van der Waals surface area (Å²) in [5.74, 6) is 0. The van der Waals surface area contributed by atoms with Gasteiger partial charge in [0, 0.05) is 0 Å². The first-order valence-electron chi connectivity index (χ1n) is 0. The smallest absolute Gasteiger partial charge is 2.00 e. The molecule has 0 aromatic heterocycles. The zero-order valence-electron chi connectivity index (χ0n) is 4.26. The Hall–Kier alpha value is 0.589. The van der Waals surface area contributed by atoms with Gasteiger partial charge in [0.05, 0.1) is 0 Å². The van der Waals surface area contributed by atoms with E-state index in [9.17, 15) is 0 Å². The molecule has 7 nitrogen and oxygen atoms in total. The molecule has 0 saturated carbocycles. The molecule has 70 valence electrons. The average molecular weight is 214 g/mol. The number of hydrogen-bond acceptors (Lipinski definition) is 0. The second-order valence-corrected chi connectivity index (χ2v) is 0. The molecule has 9 heteroatoms. The van der Waals surface area contributed by atoms with Crippen LogP contribution in [0.15, 0.2) is 0 Å². The molecule has 0 radical (unpaired) electrons. The topological polar surface area (TPSA) is 220 Å². The quantitative estimate of drug-likeness (QED) is 0.343. The molecule has 0 spiro atoms. The molecule has 0 heterocycles. The summed E-state index contributed by atoms with van der Waals surface area (Å²) in [5.41, 5.74) is 0. The maximum absolute atomic E-state index is 0. The van der Waals surface area contributed by atoms with Crippen LogP contribution in [0.1, 0.15) is 0 Å². The third-order valence-corrected chi connectivity index (χ3v) is 0. The molecule has 14 N–H and O–H groups in total. The van der Waals surface area contributed by atoms with Crippen molar-refractivity contribution in [2.45, 2.75) is 0 Å². The van der Waals surface area contributed by atoms with Gasteiger partial charge in [-0.15, -0.1) is 0 Å². The molecule has 0 fully saturated rings. The summed E-state index contributed by atoms with van der Waals surface area (Å²) in [6.07, 6.45) is 0. The van der Waals surface area contributed by atoms with Crippen LogP contribution in [0.4, 0.5) is 0 Å². The van der Waals surface area contributed by atoms with Crippen LogP contribution in [0.3, 0.4) is 0 Å². The normalized spacial score (nSPS) is 0. The van der Waals surface area contributed by atoms with E-state index in [1.165, 1.54) is 0 Å². The van der Waals surface area contributed by atoms with Crippen molar-refractivity contribution in [1.29, 1.82) is 0 Å². The molecule has 9 heavy (non-hydrogen) atoms. The SMILES string of the molecule is O.O.O.O.O.O.O.[Fe+2].[S-2]. The zero-order chi connectivity index (χ0) is 0. The first kappa shape index (κ1) is 2040. The van der Waals surface area contributed by atoms with Gasteiger partial charge in [0.2, 0.25) is 0 Å². The minimum atomic E-state index is 0. The fraction of sp³-hybridized carbons (Fsp3) is 0. The predicted octanol–water partition coefficient (Wildman–Crippen LogP) is -5.78. The fourth-order valence-corrected chi connectivity index (χ4v) is 0. The van der Waals surface area contributed by atoms with E-state index in [2.05, 4.69) is 0 Å². The predicted molar refractivity (Wildman–Crippen MR) is 32.7 cm³/mol. The molecule has 0 rings (SSSR count). The molecule has 0 saturated heterocycles. The van der Waals surface area contributed by atoms with E-state index >= 15 is 0 Å². The Morgan fingerprint density at radius 3 is 0.333 bits per heavy atom. The molecule has 0 unspecified atom stereocenters. The van der Waals surface area contributed by atoms with E-state index in [1.54, 1.807) is 0 Å². The second kappa shape index (κ2) is 1420. The van der Waals surface area contributed by atoms with E-state index in [-0.39, 0.29) is 68.9 Å². The van der Waals surface area contributed by atoms with Crippen LogP contribution in [-0.4, -0.2) is 38.3 Å². The monoisotopic (exact) mass is 214 g/mol. The largest absolute Gasteiger partial charge is 2.00 e. The summed E-state index contributed by atoms with van der Waals surface area (Å²) in [6.45, 7) is 0.